The molecule has 0 atom stereocenters. The highest BCUT2D eigenvalue weighted by Crippen LogP contribution is 2.22. The Labute approximate surface area is 109 Å². The molecule has 0 saturated carbocycles. The molecule has 0 aliphatic heterocycles. The second kappa shape index (κ2) is 5.18. The Balaban J connectivity index is 2.11. The molecule has 2 aromatic rings. The number of nitrogens with one attached hydrogen (secondary N) is 1. The van der Waals surface area contributed by atoms with Crippen LogP contribution in [-0.2, 0) is 6.54 Å². The lowest BCUT2D eigenvalue weighted by Crippen LogP contribution is -2.01. The molecule has 18 heavy (non-hydrogen) atoms. The molecule has 0 spiro atoms. The average Bonchev–Trinajstić information content (AvgIpc) is 2.73. The zero-order valence-electron chi connectivity index (χ0n) is 10.3. The summed E-state index contributed by atoms with van der Waals surface area (Å²) in [7, 11) is 0. The molecule has 4 nitrogen and oxygen atoms in total. The number of nitro groups is 1. The van der Waals surface area contributed by atoms with Crippen molar-refractivity contribution in [2.45, 2.75) is 20.4 Å². The summed E-state index contributed by atoms with van der Waals surface area (Å²) in [4.78, 5) is 10.3. The van der Waals surface area contributed by atoms with Crippen LogP contribution in [0.2, 0.25) is 0 Å². The maximum Gasteiger partial charge on any atom is 0.269 e. The molecule has 0 unspecified atom stereocenters. The number of nitro benzene ring substituents is 1. The lowest BCUT2D eigenvalue weighted by Gasteiger charge is -2.09. The van der Waals surface area contributed by atoms with E-state index in [2.05, 4.69) is 23.0 Å². The van der Waals surface area contributed by atoms with Crippen molar-refractivity contribution >= 4 is 22.7 Å². The molecule has 0 saturated heterocycles. The van der Waals surface area contributed by atoms with Gasteiger partial charge in [-0.2, -0.15) is 11.3 Å². The van der Waals surface area contributed by atoms with Crippen molar-refractivity contribution in [3.63, 3.8) is 0 Å². The number of benzene rings is 1. The van der Waals surface area contributed by atoms with E-state index in [0.717, 1.165) is 17.8 Å². The van der Waals surface area contributed by atoms with Gasteiger partial charge in [0.25, 0.3) is 5.69 Å². The number of aryl methyl sites for hydroxylation is 2. The molecule has 1 aromatic heterocycles. The Morgan fingerprint density at radius 2 is 2.06 bits per heavy atom. The van der Waals surface area contributed by atoms with Crippen LogP contribution in [0.5, 0.6) is 0 Å². The number of rotatable bonds is 4. The van der Waals surface area contributed by atoms with Gasteiger partial charge in [0.1, 0.15) is 0 Å². The SMILES string of the molecule is Cc1cscc1CNc1ccc([N+](=O)[O-])cc1C. The molecular formula is C13H14N2O2S. The Morgan fingerprint density at radius 1 is 1.28 bits per heavy atom. The van der Waals surface area contributed by atoms with Crippen LogP contribution in [0.1, 0.15) is 16.7 Å². The molecule has 0 amide bonds. The molecule has 0 fully saturated rings. The Bertz CT molecular complexity index is 578. The first kappa shape index (κ1) is 12.6. The summed E-state index contributed by atoms with van der Waals surface area (Å²) in [6.07, 6.45) is 0. The van der Waals surface area contributed by atoms with E-state index < -0.39 is 0 Å². The summed E-state index contributed by atoms with van der Waals surface area (Å²) in [6, 6.07) is 4.87. The molecule has 0 aliphatic carbocycles. The second-order valence-corrected chi connectivity index (χ2v) is 4.93. The van der Waals surface area contributed by atoms with Gasteiger partial charge in [-0.15, -0.1) is 0 Å². The molecule has 5 heteroatoms. The molecule has 0 radical (unpaired) electrons. The van der Waals surface area contributed by atoms with Gasteiger partial charge in [-0.25, -0.2) is 0 Å². The molecule has 1 N–H and O–H groups in total. The molecule has 1 heterocycles. The van der Waals surface area contributed by atoms with Crippen LogP contribution in [0.15, 0.2) is 29.0 Å². The number of thiophene rings is 1. The van der Waals surface area contributed by atoms with Crippen molar-refractivity contribution < 1.29 is 4.92 Å². The highest BCUT2D eigenvalue weighted by atomic mass is 32.1. The van der Waals surface area contributed by atoms with Gasteiger partial charge in [0.2, 0.25) is 0 Å². The van der Waals surface area contributed by atoms with Crippen molar-refractivity contribution in [2.75, 3.05) is 5.32 Å². The number of hydrogen-bond acceptors (Lipinski definition) is 4. The zero-order chi connectivity index (χ0) is 13.1. The van der Waals surface area contributed by atoms with Crippen LogP contribution in [0.25, 0.3) is 0 Å². The van der Waals surface area contributed by atoms with E-state index in [-0.39, 0.29) is 10.6 Å². The van der Waals surface area contributed by atoms with Gasteiger partial charge in [-0.3, -0.25) is 10.1 Å². The number of nitrogens with zero attached hydrogens (tertiary/aromatic N) is 1. The Hall–Kier alpha value is -1.88. The smallest absolute Gasteiger partial charge is 0.269 e. The molecular weight excluding hydrogens is 248 g/mol. The minimum Gasteiger partial charge on any atom is -0.381 e. The van der Waals surface area contributed by atoms with Gasteiger partial charge in [0, 0.05) is 24.4 Å². The van der Waals surface area contributed by atoms with Crippen LogP contribution in [0.3, 0.4) is 0 Å². The average molecular weight is 262 g/mol. The van der Waals surface area contributed by atoms with E-state index in [1.54, 1.807) is 23.5 Å². The third-order valence-electron chi connectivity index (χ3n) is 2.85. The summed E-state index contributed by atoms with van der Waals surface area (Å²) in [5, 5.41) is 18.2. The third kappa shape index (κ3) is 2.68. The summed E-state index contributed by atoms with van der Waals surface area (Å²) >= 11 is 1.68. The van der Waals surface area contributed by atoms with Crippen molar-refractivity contribution in [3.05, 3.63) is 55.8 Å². The molecule has 1 aromatic carbocycles. The van der Waals surface area contributed by atoms with Crippen molar-refractivity contribution in [2.24, 2.45) is 0 Å². The highest BCUT2D eigenvalue weighted by Gasteiger charge is 2.08. The third-order valence-corrected chi connectivity index (χ3v) is 3.76. The quantitative estimate of drug-likeness (QED) is 0.672. The molecule has 0 bridgehead atoms. The van der Waals surface area contributed by atoms with Crippen LogP contribution in [-0.4, -0.2) is 4.92 Å². The minimum absolute atomic E-state index is 0.129. The van der Waals surface area contributed by atoms with E-state index in [4.69, 9.17) is 0 Å². The van der Waals surface area contributed by atoms with E-state index in [1.807, 2.05) is 6.92 Å². The Morgan fingerprint density at radius 3 is 2.61 bits per heavy atom. The lowest BCUT2D eigenvalue weighted by atomic mass is 10.1. The van der Waals surface area contributed by atoms with Gasteiger partial charge in [0.05, 0.1) is 4.92 Å². The van der Waals surface area contributed by atoms with Crippen LogP contribution in [0, 0.1) is 24.0 Å². The van der Waals surface area contributed by atoms with E-state index in [0.29, 0.717) is 0 Å². The van der Waals surface area contributed by atoms with Crippen LogP contribution >= 0.6 is 11.3 Å². The minimum atomic E-state index is -0.375. The van der Waals surface area contributed by atoms with E-state index >= 15 is 0 Å². The van der Waals surface area contributed by atoms with Crippen LogP contribution < -0.4 is 5.32 Å². The Kier molecular flexibility index (Phi) is 3.62. The normalized spacial score (nSPS) is 10.3. The summed E-state index contributed by atoms with van der Waals surface area (Å²) in [5.74, 6) is 0. The van der Waals surface area contributed by atoms with Gasteiger partial charge in [-0.1, -0.05) is 0 Å². The summed E-state index contributed by atoms with van der Waals surface area (Å²) < 4.78 is 0. The molecule has 2 rings (SSSR count). The monoisotopic (exact) mass is 262 g/mol. The predicted octanol–water partition coefficient (Wildman–Crippen LogP) is 3.89. The van der Waals surface area contributed by atoms with Gasteiger partial charge in [0.15, 0.2) is 0 Å². The standard InChI is InChI=1S/C13H14N2O2S/c1-9-5-12(15(16)17)3-4-13(9)14-6-11-8-18-7-10(11)2/h3-5,7-8,14H,6H2,1-2H3. The fourth-order valence-electron chi connectivity index (χ4n) is 1.72. The van der Waals surface area contributed by atoms with E-state index in [9.17, 15) is 10.1 Å². The van der Waals surface area contributed by atoms with Gasteiger partial charge >= 0.3 is 0 Å². The highest BCUT2D eigenvalue weighted by molar-refractivity contribution is 7.08. The number of hydrogen-bond donors (Lipinski definition) is 1. The lowest BCUT2D eigenvalue weighted by molar-refractivity contribution is -0.384. The predicted molar refractivity (Wildman–Crippen MR) is 74.2 cm³/mol. The fourth-order valence-corrected chi connectivity index (χ4v) is 2.58. The number of anilines is 1. The first-order valence-corrected chi connectivity index (χ1v) is 6.53. The zero-order valence-corrected chi connectivity index (χ0v) is 11.1. The fraction of sp³-hybridized carbons (Fsp3) is 0.231. The maximum atomic E-state index is 10.6. The van der Waals surface area contributed by atoms with Crippen molar-refractivity contribution in [1.29, 1.82) is 0 Å². The van der Waals surface area contributed by atoms with Gasteiger partial charge < -0.3 is 5.32 Å². The summed E-state index contributed by atoms with van der Waals surface area (Å²) in [6.45, 7) is 4.69. The number of non-ortho nitro benzene ring substituents is 1. The van der Waals surface area contributed by atoms with Gasteiger partial charge in [-0.05, 0) is 47.4 Å². The topological polar surface area (TPSA) is 55.2 Å². The first-order valence-electron chi connectivity index (χ1n) is 5.58. The van der Waals surface area contributed by atoms with Crippen molar-refractivity contribution in [3.8, 4) is 0 Å². The molecule has 0 aliphatic rings. The largest absolute Gasteiger partial charge is 0.381 e. The van der Waals surface area contributed by atoms with Crippen LogP contribution in [0.4, 0.5) is 11.4 Å². The first-order chi connectivity index (χ1) is 8.58. The second-order valence-electron chi connectivity index (χ2n) is 4.19. The van der Waals surface area contributed by atoms with E-state index in [1.165, 1.54) is 17.2 Å². The summed E-state index contributed by atoms with van der Waals surface area (Å²) in [5.41, 5.74) is 4.48. The maximum absolute atomic E-state index is 10.6. The van der Waals surface area contributed by atoms with Crippen molar-refractivity contribution in [1.82, 2.24) is 0 Å². The molecule has 94 valence electrons.